The molecule has 230 valence electrons. The molecule has 1 heteroatoms. The number of para-hydroxylation sites is 1. The zero-order chi connectivity index (χ0) is 32.6. The maximum absolute atomic E-state index is 2.36. The maximum atomic E-state index is 2.36. The summed E-state index contributed by atoms with van der Waals surface area (Å²) < 4.78 is 0. The van der Waals surface area contributed by atoms with Crippen LogP contribution in [0.1, 0.15) is 0 Å². The molecule has 0 amide bonds. The third-order valence-corrected chi connectivity index (χ3v) is 9.63. The van der Waals surface area contributed by atoms with Gasteiger partial charge in [-0.25, -0.2) is 0 Å². The molecule has 0 aliphatic rings. The third kappa shape index (κ3) is 5.42. The molecule has 0 radical (unpaired) electrons. The second-order valence-electron chi connectivity index (χ2n) is 12.6. The Bertz CT molecular complexity index is 2560. The molecule has 1 nitrogen and oxygen atoms in total. The maximum Gasteiger partial charge on any atom is 0.0467 e. The fraction of sp³-hybridized carbons (Fsp3) is 0. The molecular weight excluding hydrogens is 591 g/mol. The Hall–Kier alpha value is -6.44. The van der Waals surface area contributed by atoms with Gasteiger partial charge in [-0.2, -0.15) is 0 Å². The smallest absolute Gasteiger partial charge is 0.0467 e. The molecule has 0 aliphatic carbocycles. The molecule has 9 aromatic carbocycles. The molecule has 0 spiro atoms. The molecule has 0 fully saturated rings. The fourth-order valence-corrected chi connectivity index (χ4v) is 7.14. The van der Waals surface area contributed by atoms with Crippen molar-refractivity contribution in [3.05, 3.63) is 200 Å². The van der Waals surface area contributed by atoms with E-state index in [0.29, 0.717) is 0 Å². The van der Waals surface area contributed by atoms with Crippen LogP contribution in [-0.2, 0) is 0 Å². The summed E-state index contributed by atoms with van der Waals surface area (Å²) >= 11 is 0. The first-order valence-corrected chi connectivity index (χ1v) is 16.8. The van der Waals surface area contributed by atoms with Crippen molar-refractivity contribution < 1.29 is 0 Å². The Kier molecular flexibility index (Phi) is 7.22. The van der Waals surface area contributed by atoms with Crippen LogP contribution in [0.3, 0.4) is 0 Å². The van der Waals surface area contributed by atoms with Crippen molar-refractivity contribution in [3.8, 4) is 33.4 Å². The van der Waals surface area contributed by atoms with Gasteiger partial charge in [0, 0.05) is 17.1 Å². The van der Waals surface area contributed by atoms with E-state index < -0.39 is 0 Å². The molecule has 0 atom stereocenters. The first-order chi connectivity index (χ1) is 24.3. The second-order valence-corrected chi connectivity index (χ2v) is 12.6. The van der Waals surface area contributed by atoms with E-state index in [4.69, 9.17) is 0 Å². The number of anilines is 3. The predicted molar refractivity (Wildman–Crippen MR) is 210 cm³/mol. The lowest BCUT2D eigenvalue weighted by Crippen LogP contribution is -2.09. The van der Waals surface area contributed by atoms with E-state index in [0.717, 1.165) is 17.1 Å². The van der Waals surface area contributed by atoms with Crippen molar-refractivity contribution in [2.45, 2.75) is 0 Å². The Morgan fingerprint density at radius 2 is 0.694 bits per heavy atom. The highest BCUT2D eigenvalue weighted by atomic mass is 15.1. The summed E-state index contributed by atoms with van der Waals surface area (Å²) in [6.07, 6.45) is 0. The Morgan fingerprint density at radius 1 is 0.245 bits per heavy atom. The van der Waals surface area contributed by atoms with Crippen LogP contribution in [0.25, 0.3) is 65.7 Å². The van der Waals surface area contributed by atoms with Gasteiger partial charge in [-0.1, -0.05) is 158 Å². The van der Waals surface area contributed by atoms with Gasteiger partial charge in [-0.15, -0.1) is 0 Å². The van der Waals surface area contributed by atoms with E-state index in [1.807, 2.05) is 0 Å². The molecule has 0 aliphatic heterocycles. The molecule has 0 bridgehead atoms. The minimum Gasteiger partial charge on any atom is -0.310 e. The van der Waals surface area contributed by atoms with Crippen molar-refractivity contribution in [1.82, 2.24) is 0 Å². The summed E-state index contributed by atoms with van der Waals surface area (Å²) in [5, 5.41) is 7.70. The summed E-state index contributed by atoms with van der Waals surface area (Å²) in [5.74, 6) is 0. The lowest BCUT2D eigenvalue weighted by atomic mass is 9.94. The monoisotopic (exact) mass is 623 g/mol. The number of hydrogen-bond donors (Lipinski definition) is 0. The van der Waals surface area contributed by atoms with Crippen molar-refractivity contribution in [1.29, 1.82) is 0 Å². The third-order valence-electron chi connectivity index (χ3n) is 9.63. The average Bonchev–Trinajstić information content (AvgIpc) is 3.19. The van der Waals surface area contributed by atoms with Gasteiger partial charge >= 0.3 is 0 Å². The minimum absolute atomic E-state index is 1.11. The highest BCUT2D eigenvalue weighted by Crippen LogP contribution is 2.39. The van der Waals surface area contributed by atoms with E-state index in [-0.39, 0.29) is 0 Å². The first-order valence-electron chi connectivity index (χ1n) is 16.8. The van der Waals surface area contributed by atoms with Crippen LogP contribution < -0.4 is 4.90 Å². The topological polar surface area (TPSA) is 3.24 Å². The normalized spacial score (nSPS) is 11.3. The average molecular weight is 624 g/mol. The first kappa shape index (κ1) is 28.8. The predicted octanol–water partition coefficient (Wildman–Crippen LogP) is 13.6. The number of fused-ring (bicyclic) bond motifs is 5. The summed E-state index contributed by atoms with van der Waals surface area (Å²) in [7, 11) is 0. The zero-order valence-corrected chi connectivity index (χ0v) is 27.0. The van der Waals surface area contributed by atoms with Crippen molar-refractivity contribution in [2.24, 2.45) is 0 Å². The quantitative estimate of drug-likeness (QED) is 0.167. The number of rotatable bonds is 6. The standard InChI is InChI=1S/C48H33N/c1-3-10-34(11-4-1)35-18-20-36(21-19-35)41-13-9-16-45(32-41)49(43-14-5-2-6-15-43)44-30-28-37(29-31-44)42-27-24-39-23-26-40-25-22-38-12-7-8-17-46(38)48(40)47(39)33-42/h1-33H. The van der Waals surface area contributed by atoms with Crippen molar-refractivity contribution in [3.63, 3.8) is 0 Å². The molecule has 0 unspecified atom stereocenters. The highest BCUT2D eigenvalue weighted by Gasteiger charge is 2.14. The van der Waals surface area contributed by atoms with Gasteiger partial charge < -0.3 is 4.90 Å². The molecule has 0 saturated heterocycles. The lowest BCUT2D eigenvalue weighted by molar-refractivity contribution is 1.28. The van der Waals surface area contributed by atoms with Crippen LogP contribution in [-0.4, -0.2) is 0 Å². The van der Waals surface area contributed by atoms with E-state index in [1.54, 1.807) is 0 Å². The van der Waals surface area contributed by atoms with Crippen LogP contribution in [0.15, 0.2) is 200 Å². The summed E-state index contributed by atoms with van der Waals surface area (Å²) in [6, 6.07) is 72.4. The van der Waals surface area contributed by atoms with Crippen LogP contribution >= 0.6 is 0 Å². The number of hydrogen-bond acceptors (Lipinski definition) is 1. The molecule has 0 saturated carbocycles. The SMILES string of the molecule is c1ccc(-c2ccc(-c3cccc(N(c4ccccc4)c4ccc(-c5ccc6ccc7ccc8ccccc8c7c6c5)cc4)c3)cc2)cc1. The van der Waals surface area contributed by atoms with Gasteiger partial charge in [0.05, 0.1) is 0 Å². The van der Waals surface area contributed by atoms with Crippen molar-refractivity contribution in [2.75, 3.05) is 4.90 Å². The van der Waals surface area contributed by atoms with Crippen LogP contribution in [0, 0.1) is 0 Å². The van der Waals surface area contributed by atoms with E-state index in [2.05, 4.69) is 205 Å². The van der Waals surface area contributed by atoms with E-state index in [9.17, 15) is 0 Å². The second kappa shape index (κ2) is 12.3. The van der Waals surface area contributed by atoms with Gasteiger partial charge in [0.15, 0.2) is 0 Å². The molecule has 0 N–H and O–H groups in total. The Morgan fingerprint density at radius 3 is 1.43 bits per heavy atom. The van der Waals surface area contributed by atoms with Gasteiger partial charge in [0.25, 0.3) is 0 Å². The van der Waals surface area contributed by atoms with Crippen LogP contribution in [0.2, 0.25) is 0 Å². The fourth-order valence-electron chi connectivity index (χ4n) is 7.14. The van der Waals surface area contributed by atoms with Gasteiger partial charge in [-0.3, -0.25) is 0 Å². The lowest BCUT2D eigenvalue weighted by Gasteiger charge is -2.26. The molecule has 0 heterocycles. The molecular formula is C48H33N. The summed E-state index contributed by atoms with van der Waals surface area (Å²) in [6.45, 7) is 0. The van der Waals surface area contributed by atoms with Crippen LogP contribution in [0.5, 0.6) is 0 Å². The van der Waals surface area contributed by atoms with Gasteiger partial charge in [-0.05, 0) is 108 Å². The molecule has 49 heavy (non-hydrogen) atoms. The van der Waals surface area contributed by atoms with Gasteiger partial charge in [0.1, 0.15) is 0 Å². The van der Waals surface area contributed by atoms with Gasteiger partial charge in [0.2, 0.25) is 0 Å². The zero-order valence-electron chi connectivity index (χ0n) is 27.0. The highest BCUT2D eigenvalue weighted by molar-refractivity contribution is 6.20. The van der Waals surface area contributed by atoms with Crippen molar-refractivity contribution >= 4 is 49.4 Å². The number of benzene rings is 9. The Labute approximate surface area is 287 Å². The Balaban J connectivity index is 1.09. The van der Waals surface area contributed by atoms with E-state index >= 15 is 0 Å². The largest absolute Gasteiger partial charge is 0.310 e. The summed E-state index contributed by atoms with van der Waals surface area (Å²) in [5.41, 5.74) is 10.6. The van der Waals surface area contributed by atoms with Crippen LogP contribution in [0.4, 0.5) is 17.1 Å². The minimum atomic E-state index is 1.11. The molecule has 0 aromatic heterocycles. The molecule has 9 rings (SSSR count). The summed E-state index contributed by atoms with van der Waals surface area (Å²) in [4.78, 5) is 2.34. The van der Waals surface area contributed by atoms with E-state index in [1.165, 1.54) is 65.7 Å². The molecule has 9 aromatic rings. The number of nitrogens with zero attached hydrogens (tertiary/aromatic N) is 1.